The van der Waals surface area contributed by atoms with Crippen LogP contribution in [0.25, 0.3) is 0 Å². The molecule has 1 unspecified atom stereocenters. The van der Waals surface area contributed by atoms with Gasteiger partial charge in [0.15, 0.2) is 0 Å². The number of nitrogens with zero attached hydrogens (tertiary/aromatic N) is 1. The van der Waals surface area contributed by atoms with E-state index in [-0.39, 0.29) is 17.5 Å². The highest BCUT2D eigenvalue weighted by Crippen LogP contribution is 2.24. The summed E-state index contributed by atoms with van der Waals surface area (Å²) in [4.78, 5) is 2.28. The molecular formula is C14H22N2O4S. The summed E-state index contributed by atoms with van der Waals surface area (Å²) in [6.45, 7) is 4.31. The van der Waals surface area contributed by atoms with E-state index in [0.717, 1.165) is 12.1 Å². The van der Waals surface area contributed by atoms with Crippen LogP contribution < -0.4 is 9.46 Å². The van der Waals surface area contributed by atoms with Crippen LogP contribution in [0.2, 0.25) is 0 Å². The van der Waals surface area contributed by atoms with Crippen LogP contribution in [-0.2, 0) is 14.8 Å². The molecule has 118 valence electrons. The van der Waals surface area contributed by atoms with Crippen LogP contribution in [0.15, 0.2) is 23.1 Å². The van der Waals surface area contributed by atoms with E-state index in [1.54, 1.807) is 12.1 Å². The van der Waals surface area contributed by atoms with E-state index in [4.69, 9.17) is 9.47 Å². The summed E-state index contributed by atoms with van der Waals surface area (Å²) in [5.74, 6) is 0.342. The predicted octanol–water partition coefficient (Wildman–Crippen LogP) is 0.613. The standard InChI is InChI=1S/C14H22N2O4S/c1-11-4-5-13(19-3)14(8-11)21(17,18)15-9-12-10-16(2)6-7-20-12/h4-5,8,12,15H,6-7,9-10H2,1-3H3. The van der Waals surface area contributed by atoms with Crippen LogP contribution in [0.5, 0.6) is 5.75 Å². The molecule has 1 heterocycles. The van der Waals surface area contributed by atoms with Gasteiger partial charge in [-0.1, -0.05) is 6.07 Å². The highest BCUT2D eigenvalue weighted by Gasteiger charge is 2.23. The molecule has 21 heavy (non-hydrogen) atoms. The van der Waals surface area contributed by atoms with Crippen LogP contribution >= 0.6 is 0 Å². The molecule has 1 fully saturated rings. The Kier molecular flexibility index (Phi) is 5.21. The maximum absolute atomic E-state index is 12.4. The number of benzene rings is 1. The number of nitrogens with one attached hydrogen (secondary N) is 1. The molecule has 0 radical (unpaired) electrons. The van der Waals surface area contributed by atoms with Gasteiger partial charge in [0, 0.05) is 19.6 Å². The van der Waals surface area contributed by atoms with Crippen molar-refractivity contribution >= 4 is 10.0 Å². The smallest absolute Gasteiger partial charge is 0.244 e. The Labute approximate surface area is 126 Å². The first-order valence-electron chi connectivity index (χ1n) is 6.87. The average molecular weight is 314 g/mol. The molecule has 1 aliphatic rings. The lowest BCUT2D eigenvalue weighted by atomic mass is 10.2. The van der Waals surface area contributed by atoms with Crippen LogP contribution in [0.4, 0.5) is 0 Å². The van der Waals surface area contributed by atoms with Gasteiger partial charge in [-0.05, 0) is 31.7 Å². The van der Waals surface area contributed by atoms with Crippen molar-refractivity contribution < 1.29 is 17.9 Å². The van der Waals surface area contributed by atoms with Crippen LogP contribution in [0, 0.1) is 6.92 Å². The van der Waals surface area contributed by atoms with Crippen molar-refractivity contribution in [1.82, 2.24) is 9.62 Å². The molecule has 0 bridgehead atoms. The zero-order valence-electron chi connectivity index (χ0n) is 12.6. The van der Waals surface area contributed by atoms with Gasteiger partial charge in [-0.25, -0.2) is 13.1 Å². The fraction of sp³-hybridized carbons (Fsp3) is 0.571. The fourth-order valence-electron chi connectivity index (χ4n) is 2.26. The lowest BCUT2D eigenvalue weighted by Gasteiger charge is -2.30. The minimum Gasteiger partial charge on any atom is -0.495 e. The monoisotopic (exact) mass is 314 g/mol. The van der Waals surface area contributed by atoms with Gasteiger partial charge in [0.05, 0.1) is 19.8 Å². The van der Waals surface area contributed by atoms with E-state index in [9.17, 15) is 8.42 Å². The lowest BCUT2D eigenvalue weighted by molar-refractivity contribution is -0.0156. The summed E-state index contributed by atoms with van der Waals surface area (Å²) in [5, 5.41) is 0. The predicted molar refractivity (Wildman–Crippen MR) is 80.2 cm³/mol. The molecule has 1 atom stereocenters. The Hall–Kier alpha value is -1.15. The van der Waals surface area contributed by atoms with Crippen molar-refractivity contribution in [1.29, 1.82) is 0 Å². The fourth-order valence-corrected chi connectivity index (χ4v) is 3.58. The molecular weight excluding hydrogens is 292 g/mol. The minimum atomic E-state index is -3.62. The van der Waals surface area contributed by atoms with Crippen molar-refractivity contribution in [2.75, 3.05) is 40.4 Å². The molecule has 1 aliphatic heterocycles. The highest BCUT2D eigenvalue weighted by molar-refractivity contribution is 7.89. The second kappa shape index (κ2) is 6.74. The number of hydrogen-bond donors (Lipinski definition) is 1. The van der Waals surface area contributed by atoms with Crippen molar-refractivity contribution in [2.24, 2.45) is 0 Å². The molecule has 1 saturated heterocycles. The average Bonchev–Trinajstić information content (AvgIpc) is 2.45. The van der Waals surface area contributed by atoms with Crippen molar-refractivity contribution in [2.45, 2.75) is 17.9 Å². The van der Waals surface area contributed by atoms with Gasteiger partial charge in [-0.2, -0.15) is 0 Å². The normalized spacial score (nSPS) is 20.4. The van der Waals surface area contributed by atoms with Gasteiger partial charge in [0.25, 0.3) is 0 Å². The SMILES string of the molecule is COc1ccc(C)cc1S(=O)(=O)NCC1CN(C)CCO1. The van der Waals surface area contributed by atoms with Gasteiger partial charge >= 0.3 is 0 Å². The van der Waals surface area contributed by atoms with Crippen molar-refractivity contribution in [3.05, 3.63) is 23.8 Å². The quantitative estimate of drug-likeness (QED) is 0.862. The molecule has 2 rings (SSSR count). The van der Waals surface area contributed by atoms with Gasteiger partial charge < -0.3 is 14.4 Å². The van der Waals surface area contributed by atoms with Gasteiger partial charge in [0.2, 0.25) is 10.0 Å². The Bertz CT molecular complexity index is 589. The number of likely N-dealkylation sites (N-methyl/N-ethyl adjacent to an activating group) is 1. The summed E-state index contributed by atoms with van der Waals surface area (Å²) >= 11 is 0. The second-order valence-electron chi connectivity index (χ2n) is 5.26. The first-order valence-corrected chi connectivity index (χ1v) is 8.35. The number of aryl methyl sites for hydroxylation is 1. The molecule has 1 N–H and O–H groups in total. The highest BCUT2D eigenvalue weighted by atomic mass is 32.2. The van der Waals surface area contributed by atoms with Crippen molar-refractivity contribution in [3.8, 4) is 5.75 Å². The third kappa shape index (κ3) is 4.16. The molecule has 0 saturated carbocycles. The van der Waals surface area contributed by atoms with Gasteiger partial charge in [-0.15, -0.1) is 0 Å². The Morgan fingerprint density at radius 2 is 2.24 bits per heavy atom. The zero-order chi connectivity index (χ0) is 15.5. The molecule has 0 spiro atoms. The van der Waals surface area contributed by atoms with Crippen LogP contribution in [0.1, 0.15) is 5.56 Å². The molecule has 1 aromatic carbocycles. The number of morpholine rings is 1. The number of sulfonamides is 1. The summed E-state index contributed by atoms with van der Waals surface area (Å²) in [6, 6.07) is 5.08. The Morgan fingerprint density at radius 3 is 2.90 bits per heavy atom. The maximum atomic E-state index is 12.4. The summed E-state index contributed by atoms with van der Waals surface area (Å²) < 4.78 is 38.2. The molecule has 6 nitrogen and oxygen atoms in total. The first kappa shape index (κ1) is 16.2. The summed E-state index contributed by atoms with van der Waals surface area (Å²) in [5.41, 5.74) is 0.866. The van der Waals surface area contributed by atoms with E-state index in [1.165, 1.54) is 7.11 Å². The van der Waals surface area contributed by atoms with E-state index in [0.29, 0.717) is 18.9 Å². The largest absolute Gasteiger partial charge is 0.495 e. The number of rotatable bonds is 5. The second-order valence-corrected chi connectivity index (χ2v) is 7.00. The molecule has 0 aromatic heterocycles. The Balaban J connectivity index is 2.09. The van der Waals surface area contributed by atoms with Gasteiger partial charge in [0.1, 0.15) is 10.6 Å². The number of methoxy groups -OCH3 is 1. The first-order chi connectivity index (χ1) is 9.92. The van der Waals surface area contributed by atoms with Gasteiger partial charge in [-0.3, -0.25) is 0 Å². The topological polar surface area (TPSA) is 67.9 Å². The van der Waals surface area contributed by atoms with Crippen LogP contribution in [-0.4, -0.2) is 59.8 Å². The maximum Gasteiger partial charge on any atom is 0.244 e. The van der Waals surface area contributed by atoms with Crippen molar-refractivity contribution in [3.63, 3.8) is 0 Å². The van der Waals surface area contributed by atoms with E-state index < -0.39 is 10.0 Å². The summed E-state index contributed by atoms with van der Waals surface area (Å²) in [6.07, 6.45) is -0.130. The van der Waals surface area contributed by atoms with E-state index >= 15 is 0 Å². The zero-order valence-corrected chi connectivity index (χ0v) is 13.4. The molecule has 0 aliphatic carbocycles. The Morgan fingerprint density at radius 1 is 1.48 bits per heavy atom. The number of ether oxygens (including phenoxy) is 2. The van der Waals surface area contributed by atoms with E-state index in [2.05, 4.69) is 9.62 Å². The molecule has 0 amide bonds. The third-order valence-electron chi connectivity index (χ3n) is 3.45. The van der Waals surface area contributed by atoms with Crippen LogP contribution in [0.3, 0.4) is 0 Å². The minimum absolute atomic E-state index is 0.130. The number of hydrogen-bond acceptors (Lipinski definition) is 5. The molecule has 1 aromatic rings. The van der Waals surface area contributed by atoms with E-state index in [1.807, 2.05) is 20.0 Å². The lowest BCUT2D eigenvalue weighted by Crippen LogP contribution is -2.45. The third-order valence-corrected chi connectivity index (χ3v) is 4.90. The summed E-state index contributed by atoms with van der Waals surface area (Å²) in [7, 11) is -0.161. The molecule has 7 heteroatoms.